The minimum atomic E-state index is 0.331. The van der Waals surface area contributed by atoms with Gasteiger partial charge in [0.2, 0.25) is 0 Å². The summed E-state index contributed by atoms with van der Waals surface area (Å²) in [7, 11) is 2.19. The monoisotopic (exact) mass is 171 g/mol. The Bertz CT molecular complexity index is 145. The zero-order chi connectivity index (χ0) is 9.19. The van der Waals surface area contributed by atoms with Crippen LogP contribution < -0.4 is 0 Å². The number of nitrogens with zero attached hydrogens (tertiary/aromatic N) is 1. The van der Waals surface area contributed by atoms with Crippen LogP contribution in [0.2, 0.25) is 0 Å². The van der Waals surface area contributed by atoms with Crippen LogP contribution in [0.3, 0.4) is 0 Å². The van der Waals surface area contributed by atoms with Gasteiger partial charge in [-0.1, -0.05) is 0 Å². The van der Waals surface area contributed by atoms with Crippen LogP contribution in [0.5, 0.6) is 0 Å². The average molecular weight is 171 g/mol. The quantitative estimate of drug-likeness (QED) is 0.680. The molecule has 0 aromatic heterocycles. The second-order valence-electron chi connectivity index (χ2n) is 4.61. The van der Waals surface area contributed by atoms with Crippen molar-refractivity contribution in [1.29, 1.82) is 0 Å². The highest BCUT2D eigenvalue weighted by Crippen LogP contribution is 2.31. The predicted octanol–water partition coefficient (Wildman–Crippen LogP) is 1.49. The highest BCUT2D eigenvalue weighted by Gasteiger charge is 2.31. The van der Waals surface area contributed by atoms with E-state index >= 15 is 0 Å². The number of likely N-dealkylation sites (tertiary alicyclic amines) is 1. The lowest BCUT2D eigenvalue weighted by Gasteiger charge is -2.43. The first-order valence-corrected chi connectivity index (χ1v) is 4.88. The Morgan fingerprint density at radius 1 is 1.50 bits per heavy atom. The van der Waals surface area contributed by atoms with Crippen molar-refractivity contribution in [3.8, 4) is 0 Å². The Kier molecular flexibility index (Phi) is 3.13. The fourth-order valence-electron chi connectivity index (χ4n) is 2.07. The van der Waals surface area contributed by atoms with Gasteiger partial charge in [0.15, 0.2) is 0 Å². The molecule has 1 unspecified atom stereocenters. The van der Waals surface area contributed by atoms with Crippen molar-refractivity contribution in [2.24, 2.45) is 5.92 Å². The molecule has 0 aromatic carbocycles. The van der Waals surface area contributed by atoms with Crippen molar-refractivity contribution in [1.82, 2.24) is 4.90 Å². The van der Waals surface area contributed by atoms with Crippen LogP contribution in [0.15, 0.2) is 0 Å². The van der Waals surface area contributed by atoms with Gasteiger partial charge in [-0.2, -0.15) is 0 Å². The van der Waals surface area contributed by atoms with Gasteiger partial charge >= 0.3 is 0 Å². The molecule has 0 saturated carbocycles. The fraction of sp³-hybridized carbons (Fsp3) is 1.00. The molecular weight excluding hydrogens is 150 g/mol. The van der Waals surface area contributed by atoms with Crippen LogP contribution in [-0.4, -0.2) is 35.7 Å². The summed E-state index contributed by atoms with van der Waals surface area (Å²) < 4.78 is 0. The maximum atomic E-state index is 8.84. The van der Waals surface area contributed by atoms with Crippen LogP contribution in [0.4, 0.5) is 0 Å². The van der Waals surface area contributed by atoms with Gasteiger partial charge in [-0.15, -0.1) is 0 Å². The molecule has 0 amide bonds. The molecule has 0 spiro atoms. The van der Waals surface area contributed by atoms with E-state index < -0.39 is 0 Å². The molecule has 1 heterocycles. The average Bonchev–Trinajstić information content (AvgIpc) is 1.97. The molecule has 1 atom stereocenters. The summed E-state index contributed by atoms with van der Waals surface area (Å²) >= 11 is 0. The zero-order valence-corrected chi connectivity index (χ0v) is 8.51. The third kappa shape index (κ3) is 2.20. The van der Waals surface area contributed by atoms with Gasteiger partial charge in [-0.3, -0.25) is 0 Å². The summed E-state index contributed by atoms with van der Waals surface area (Å²) in [4.78, 5) is 2.42. The molecule has 72 valence electrons. The molecule has 0 radical (unpaired) electrons. The molecule has 1 aliphatic heterocycles. The highest BCUT2D eigenvalue weighted by atomic mass is 16.3. The van der Waals surface area contributed by atoms with Gasteiger partial charge in [0.25, 0.3) is 0 Å². The van der Waals surface area contributed by atoms with Gasteiger partial charge in [0, 0.05) is 12.1 Å². The Labute approximate surface area is 75.6 Å². The third-order valence-electron chi connectivity index (χ3n) is 3.23. The SMILES string of the molecule is CN1CCC(CCO)CC1(C)C. The van der Waals surface area contributed by atoms with E-state index in [-0.39, 0.29) is 0 Å². The number of piperidine rings is 1. The van der Waals surface area contributed by atoms with E-state index in [0.717, 1.165) is 12.3 Å². The van der Waals surface area contributed by atoms with Crippen LogP contribution in [0, 0.1) is 5.92 Å². The number of rotatable bonds is 2. The minimum Gasteiger partial charge on any atom is -0.396 e. The predicted molar refractivity (Wildman–Crippen MR) is 51.1 cm³/mol. The van der Waals surface area contributed by atoms with Crippen molar-refractivity contribution in [3.05, 3.63) is 0 Å². The van der Waals surface area contributed by atoms with Crippen LogP contribution in [0.1, 0.15) is 33.1 Å². The summed E-state index contributed by atoms with van der Waals surface area (Å²) in [5.74, 6) is 0.737. The van der Waals surface area contributed by atoms with Crippen molar-refractivity contribution in [3.63, 3.8) is 0 Å². The van der Waals surface area contributed by atoms with E-state index in [1.54, 1.807) is 0 Å². The molecule has 1 aliphatic rings. The van der Waals surface area contributed by atoms with Gasteiger partial charge in [0.1, 0.15) is 0 Å². The zero-order valence-electron chi connectivity index (χ0n) is 8.51. The Hall–Kier alpha value is -0.0800. The summed E-state index contributed by atoms with van der Waals surface area (Å²) in [5.41, 5.74) is 0.331. The number of aliphatic hydroxyl groups excluding tert-OH is 1. The first kappa shape index (κ1) is 10.0. The van der Waals surface area contributed by atoms with Crippen molar-refractivity contribution in [2.45, 2.75) is 38.6 Å². The van der Waals surface area contributed by atoms with E-state index in [0.29, 0.717) is 12.1 Å². The Balaban J connectivity index is 2.45. The largest absolute Gasteiger partial charge is 0.396 e. The van der Waals surface area contributed by atoms with Crippen LogP contribution in [0.25, 0.3) is 0 Å². The van der Waals surface area contributed by atoms with Crippen molar-refractivity contribution < 1.29 is 5.11 Å². The Morgan fingerprint density at radius 3 is 2.67 bits per heavy atom. The van der Waals surface area contributed by atoms with E-state index in [4.69, 9.17) is 5.11 Å². The molecule has 12 heavy (non-hydrogen) atoms. The standard InChI is InChI=1S/C10H21NO/c1-10(2)8-9(5-7-12)4-6-11(10)3/h9,12H,4-8H2,1-3H3. The molecule has 2 heteroatoms. The third-order valence-corrected chi connectivity index (χ3v) is 3.23. The molecule has 0 bridgehead atoms. The molecule has 0 aliphatic carbocycles. The van der Waals surface area contributed by atoms with E-state index in [9.17, 15) is 0 Å². The summed E-state index contributed by atoms with van der Waals surface area (Å²) in [5, 5.41) is 8.84. The van der Waals surface area contributed by atoms with E-state index in [2.05, 4.69) is 25.8 Å². The topological polar surface area (TPSA) is 23.5 Å². The molecule has 1 N–H and O–H groups in total. The summed E-state index contributed by atoms with van der Waals surface area (Å²) in [6.45, 7) is 6.11. The molecule has 1 saturated heterocycles. The molecular formula is C10H21NO. The first-order chi connectivity index (χ1) is 5.56. The van der Waals surface area contributed by atoms with Crippen LogP contribution in [-0.2, 0) is 0 Å². The number of aliphatic hydroxyl groups is 1. The van der Waals surface area contributed by atoms with Gasteiger partial charge < -0.3 is 10.0 Å². The van der Waals surface area contributed by atoms with Gasteiger partial charge in [-0.05, 0) is 52.6 Å². The molecule has 1 rings (SSSR count). The normalized spacial score (nSPS) is 30.5. The first-order valence-electron chi connectivity index (χ1n) is 4.88. The maximum Gasteiger partial charge on any atom is 0.0433 e. The molecule has 0 aromatic rings. The van der Waals surface area contributed by atoms with Gasteiger partial charge in [-0.25, -0.2) is 0 Å². The second-order valence-corrected chi connectivity index (χ2v) is 4.61. The summed E-state index contributed by atoms with van der Waals surface area (Å²) in [6.07, 6.45) is 3.46. The highest BCUT2D eigenvalue weighted by molar-refractivity contribution is 4.87. The lowest BCUT2D eigenvalue weighted by Crippen LogP contribution is -2.47. The lowest BCUT2D eigenvalue weighted by molar-refractivity contribution is 0.0624. The second kappa shape index (κ2) is 3.75. The van der Waals surface area contributed by atoms with Crippen LogP contribution >= 0.6 is 0 Å². The smallest absolute Gasteiger partial charge is 0.0433 e. The molecule has 1 fully saturated rings. The lowest BCUT2D eigenvalue weighted by atomic mass is 9.82. The summed E-state index contributed by atoms with van der Waals surface area (Å²) in [6, 6.07) is 0. The molecule has 2 nitrogen and oxygen atoms in total. The number of hydrogen-bond acceptors (Lipinski definition) is 2. The van der Waals surface area contributed by atoms with Crippen molar-refractivity contribution in [2.75, 3.05) is 20.2 Å². The maximum absolute atomic E-state index is 8.84. The number of hydrogen-bond donors (Lipinski definition) is 1. The van der Waals surface area contributed by atoms with Gasteiger partial charge in [0.05, 0.1) is 0 Å². The van der Waals surface area contributed by atoms with E-state index in [1.807, 2.05) is 0 Å². The van der Waals surface area contributed by atoms with Crippen molar-refractivity contribution >= 4 is 0 Å². The Morgan fingerprint density at radius 2 is 2.17 bits per heavy atom. The fourth-order valence-corrected chi connectivity index (χ4v) is 2.07. The van der Waals surface area contributed by atoms with E-state index in [1.165, 1.54) is 19.4 Å². The minimum absolute atomic E-state index is 0.331.